The Morgan fingerprint density at radius 3 is 2.71 bits per heavy atom. The molecule has 2 unspecified atom stereocenters. The number of ether oxygens (including phenoxy) is 2. The summed E-state index contributed by atoms with van der Waals surface area (Å²) in [7, 11) is 3.53. The van der Waals surface area contributed by atoms with Crippen molar-refractivity contribution in [2.75, 3.05) is 53.4 Å². The number of nitrogens with zero attached hydrogens (tertiary/aromatic N) is 3. The smallest absolute Gasteiger partial charge is 0.193 e. The number of guanidine groups is 1. The van der Waals surface area contributed by atoms with E-state index in [0.29, 0.717) is 0 Å². The van der Waals surface area contributed by atoms with Crippen molar-refractivity contribution >= 4 is 29.9 Å². The van der Waals surface area contributed by atoms with Crippen LogP contribution in [0.5, 0.6) is 11.5 Å². The van der Waals surface area contributed by atoms with Crippen molar-refractivity contribution in [1.29, 1.82) is 0 Å². The SMILES string of the molecule is CN=C(NCC(C)Oc1cccc(OC)c1)N1CCC(CN2CCCC2)C1.I. The predicted octanol–water partition coefficient (Wildman–Crippen LogP) is 3.07. The summed E-state index contributed by atoms with van der Waals surface area (Å²) in [5, 5.41) is 3.48. The Labute approximate surface area is 186 Å². The summed E-state index contributed by atoms with van der Waals surface area (Å²) in [5.41, 5.74) is 0. The van der Waals surface area contributed by atoms with E-state index in [9.17, 15) is 0 Å². The maximum Gasteiger partial charge on any atom is 0.193 e. The molecule has 28 heavy (non-hydrogen) atoms. The number of aliphatic imine (C=N–C) groups is 1. The largest absolute Gasteiger partial charge is 0.497 e. The van der Waals surface area contributed by atoms with E-state index in [-0.39, 0.29) is 30.1 Å². The Bertz CT molecular complexity index is 622. The van der Waals surface area contributed by atoms with Gasteiger partial charge in [0.2, 0.25) is 0 Å². The third kappa shape index (κ3) is 6.69. The van der Waals surface area contributed by atoms with Crippen LogP contribution in [0.15, 0.2) is 29.3 Å². The highest BCUT2D eigenvalue weighted by atomic mass is 127. The van der Waals surface area contributed by atoms with Crippen LogP contribution < -0.4 is 14.8 Å². The van der Waals surface area contributed by atoms with Crippen molar-refractivity contribution in [3.05, 3.63) is 24.3 Å². The third-order valence-electron chi connectivity index (χ3n) is 5.44. The van der Waals surface area contributed by atoms with Crippen molar-refractivity contribution < 1.29 is 9.47 Å². The normalized spacial score (nSPS) is 21.3. The maximum atomic E-state index is 6.00. The zero-order chi connectivity index (χ0) is 19.1. The van der Waals surface area contributed by atoms with Crippen LogP contribution in [0.2, 0.25) is 0 Å². The quantitative estimate of drug-likeness (QED) is 0.353. The van der Waals surface area contributed by atoms with Crippen LogP contribution in [-0.2, 0) is 0 Å². The molecule has 7 heteroatoms. The number of hydrogen-bond donors (Lipinski definition) is 1. The maximum absolute atomic E-state index is 6.00. The van der Waals surface area contributed by atoms with Crippen molar-refractivity contribution in [3.8, 4) is 11.5 Å². The van der Waals surface area contributed by atoms with Crippen LogP contribution in [-0.4, -0.2) is 75.3 Å². The van der Waals surface area contributed by atoms with E-state index in [1.54, 1.807) is 7.11 Å². The van der Waals surface area contributed by atoms with Crippen LogP contribution in [0.25, 0.3) is 0 Å². The molecule has 2 atom stereocenters. The van der Waals surface area contributed by atoms with Crippen molar-refractivity contribution in [3.63, 3.8) is 0 Å². The van der Waals surface area contributed by atoms with Crippen molar-refractivity contribution in [2.24, 2.45) is 10.9 Å². The Kier molecular flexibility index (Phi) is 9.64. The fourth-order valence-electron chi connectivity index (χ4n) is 4.02. The second-order valence-electron chi connectivity index (χ2n) is 7.64. The summed E-state index contributed by atoms with van der Waals surface area (Å²) < 4.78 is 11.3. The van der Waals surface area contributed by atoms with E-state index in [4.69, 9.17) is 9.47 Å². The van der Waals surface area contributed by atoms with E-state index < -0.39 is 0 Å². The van der Waals surface area contributed by atoms with Gasteiger partial charge in [-0.05, 0) is 57.3 Å². The minimum Gasteiger partial charge on any atom is -0.497 e. The van der Waals surface area contributed by atoms with Gasteiger partial charge in [-0.25, -0.2) is 0 Å². The molecule has 0 saturated carbocycles. The number of hydrogen-bond acceptors (Lipinski definition) is 4. The van der Waals surface area contributed by atoms with E-state index in [1.165, 1.54) is 38.9 Å². The lowest BCUT2D eigenvalue weighted by atomic mass is 10.1. The van der Waals surface area contributed by atoms with Gasteiger partial charge in [0.15, 0.2) is 5.96 Å². The van der Waals surface area contributed by atoms with Crippen LogP contribution >= 0.6 is 24.0 Å². The van der Waals surface area contributed by atoms with Gasteiger partial charge in [-0.1, -0.05) is 6.07 Å². The Balaban J connectivity index is 0.00000280. The molecule has 2 aliphatic rings. The molecule has 2 heterocycles. The molecular weight excluding hydrogens is 467 g/mol. The minimum absolute atomic E-state index is 0. The summed E-state index contributed by atoms with van der Waals surface area (Å²) >= 11 is 0. The highest BCUT2D eigenvalue weighted by molar-refractivity contribution is 14.0. The predicted molar refractivity (Wildman–Crippen MR) is 125 cm³/mol. The number of likely N-dealkylation sites (tertiary alicyclic amines) is 2. The topological polar surface area (TPSA) is 49.3 Å². The van der Waals surface area contributed by atoms with Gasteiger partial charge in [-0.3, -0.25) is 4.99 Å². The molecule has 0 aliphatic carbocycles. The Morgan fingerprint density at radius 2 is 2.00 bits per heavy atom. The Morgan fingerprint density at radius 1 is 1.25 bits per heavy atom. The fourth-order valence-corrected chi connectivity index (χ4v) is 4.02. The molecule has 0 bridgehead atoms. The summed E-state index contributed by atoms with van der Waals surface area (Å²) in [6, 6.07) is 7.73. The summed E-state index contributed by atoms with van der Waals surface area (Å²) in [6.07, 6.45) is 4.03. The Hall–Kier alpha value is -1.22. The first-order chi connectivity index (χ1) is 13.2. The molecule has 6 nitrogen and oxygen atoms in total. The molecule has 3 rings (SSSR count). The molecule has 2 saturated heterocycles. The molecule has 0 amide bonds. The molecule has 0 aromatic heterocycles. The molecule has 1 aromatic rings. The molecule has 2 aliphatic heterocycles. The molecule has 1 N–H and O–H groups in total. The molecule has 2 fully saturated rings. The highest BCUT2D eigenvalue weighted by Crippen LogP contribution is 2.21. The minimum atomic E-state index is 0. The molecule has 0 spiro atoms. The highest BCUT2D eigenvalue weighted by Gasteiger charge is 2.27. The second kappa shape index (κ2) is 11.7. The zero-order valence-corrected chi connectivity index (χ0v) is 19.7. The number of rotatable bonds is 7. The van der Waals surface area contributed by atoms with E-state index in [2.05, 4.69) is 27.0 Å². The molecule has 158 valence electrons. The fraction of sp³-hybridized carbons (Fsp3) is 0.667. The van der Waals surface area contributed by atoms with Gasteiger partial charge in [0.05, 0.1) is 13.7 Å². The van der Waals surface area contributed by atoms with Gasteiger partial charge in [0, 0.05) is 32.7 Å². The molecular formula is C21H35IN4O2. The third-order valence-corrected chi connectivity index (χ3v) is 5.44. The van der Waals surface area contributed by atoms with Gasteiger partial charge in [0.1, 0.15) is 17.6 Å². The van der Waals surface area contributed by atoms with E-state index in [1.807, 2.05) is 31.3 Å². The van der Waals surface area contributed by atoms with Crippen LogP contribution in [0.4, 0.5) is 0 Å². The number of methoxy groups -OCH3 is 1. The lowest BCUT2D eigenvalue weighted by Gasteiger charge is -2.24. The van der Waals surface area contributed by atoms with Crippen molar-refractivity contribution in [2.45, 2.75) is 32.3 Å². The summed E-state index contributed by atoms with van der Waals surface area (Å²) in [5.74, 6) is 3.38. The van der Waals surface area contributed by atoms with Gasteiger partial charge in [-0.2, -0.15) is 0 Å². The first-order valence-corrected chi connectivity index (χ1v) is 10.2. The van der Waals surface area contributed by atoms with Crippen molar-refractivity contribution in [1.82, 2.24) is 15.1 Å². The second-order valence-corrected chi connectivity index (χ2v) is 7.64. The number of halogens is 1. The zero-order valence-electron chi connectivity index (χ0n) is 17.4. The first-order valence-electron chi connectivity index (χ1n) is 10.2. The molecule has 1 aromatic carbocycles. The lowest BCUT2D eigenvalue weighted by molar-refractivity contribution is 0.221. The number of nitrogens with one attached hydrogen (secondary N) is 1. The summed E-state index contributed by atoms with van der Waals surface area (Å²) in [4.78, 5) is 9.49. The van der Waals surface area contributed by atoms with Gasteiger partial charge in [0.25, 0.3) is 0 Å². The van der Waals surface area contributed by atoms with E-state index in [0.717, 1.165) is 43.0 Å². The lowest BCUT2D eigenvalue weighted by Crippen LogP contribution is -2.44. The van der Waals surface area contributed by atoms with Gasteiger partial charge >= 0.3 is 0 Å². The summed E-state index contributed by atoms with van der Waals surface area (Å²) in [6.45, 7) is 8.77. The first kappa shape index (κ1) is 23.1. The number of benzene rings is 1. The van der Waals surface area contributed by atoms with Gasteiger partial charge in [-0.15, -0.1) is 24.0 Å². The van der Waals surface area contributed by atoms with Crippen LogP contribution in [0, 0.1) is 5.92 Å². The monoisotopic (exact) mass is 502 g/mol. The van der Waals surface area contributed by atoms with E-state index >= 15 is 0 Å². The average molecular weight is 502 g/mol. The van der Waals surface area contributed by atoms with Gasteiger partial charge < -0.3 is 24.6 Å². The standard InChI is InChI=1S/C21H34N4O2.HI/c1-17(27-20-8-6-7-19(13-20)26-3)14-23-21(22-2)25-12-9-18(16-25)15-24-10-4-5-11-24;/h6-8,13,17-18H,4-5,9-12,14-16H2,1-3H3,(H,22,23);1H. The van der Waals surface area contributed by atoms with Crippen LogP contribution in [0.3, 0.4) is 0 Å². The van der Waals surface area contributed by atoms with Crippen LogP contribution in [0.1, 0.15) is 26.2 Å². The average Bonchev–Trinajstić information content (AvgIpc) is 3.35. The molecule has 0 radical (unpaired) electrons.